The van der Waals surface area contributed by atoms with Crippen molar-refractivity contribution in [1.82, 2.24) is 0 Å². The molecule has 1 aliphatic carbocycles. The first-order chi connectivity index (χ1) is 10.1. The Bertz CT molecular complexity index is 552. The molecular formula is C17H18F3N. The molecular weight excluding hydrogens is 275 g/mol. The van der Waals surface area contributed by atoms with Gasteiger partial charge in [0.15, 0.2) is 17.5 Å². The number of nitriles is 1. The molecule has 0 atom stereocenters. The SMILES string of the molecule is N#CC(F)=CC1CCC(CCc2ccc(F)c(F)c2)CC1. The second-order valence-corrected chi connectivity index (χ2v) is 5.69. The van der Waals surface area contributed by atoms with Crippen molar-refractivity contribution >= 4 is 0 Å². The summed E-state index contributed by atoms with van der Waals surface area (Å²) in [5.41, 5.74) is 0.812. The largest absolute Gasteiger partial charge is 0.204 e. The Labute approximate surface area is 123 Å². The summed E-state index contributed by atoms with van der Waals surface area (Å²) >= 11 is 0. The third-order valence-corrected chi connectivity index (χ3v) is 4.21. The van der Waals surface area contributed by atoms with Crippen molar-refractivity contribution in [2.75, 3.05) is 0 Å². The van der Waals surface area contributed by atoms with Crippen LogP contribution in [0.2, 0.25) is 0 Å². The van der Waals surface area contributed by atoms with Gasteiger partial charge in [-0.3, -0.25) is 0 Å². The van der Waals surface area contributed by atoms with Gasteiger partial charge >= 0.3 is 0 Å². The van der Waals surface area contributed by atoms with E-state index in [2.05, 4.69) is 0 Å². The monoisotopic (exact) mass is 293 g/mol. The Balaban J connectivity index is 1.79. The van der Waals surface area contributed by atoms with E-state index in [0.717, 1.165) is 50.2 Å². The highest BCUT2D eigenvalue weighted by Crippen LogP contribution is 2.33. The number of nitrogens with zero attached hydrogens (tertiary/aromatic N) is 1. The number of rotatable bonds is 4. The lowest BCUT2D eigenvalue weighted by Crippen LogP contribution is -2.14. The van der Waals surface area contributed by atoms with Gasteiger partial charge in [0.2, 0.25) is 0 Å². The van der Waals surface area contributed by atoms with Gasteiger partial charge in [0.05, 0.1) is 0 Å². The van der Waals surface area contributed by atoms with Crippen LogP contribution < -0.4 is 0 Å². The summed E-state index contributed by atoms with van der Waals surface area (Å²) in [5, 5.41) is 8.42. The van der Waals surface area contributed by atoms with Gasteiger partial charge < -0.3 is 0 Å². The van der Waals surface area contributed by atoms with E-state index in [0.29, 0.717) is 5.92 Å². The molecule has 0 saturated heterocycles. The van der Waals surface area contributed by atoms with E-state index in [1.807, 2.05) is 0 Å². The van der Waals surface area contributed by atoms with E-state index in [1.54, 1.807) is 6.07 Å². The van der Waals surface area contributed by atoms with Gasteiger partial charge in [0.1, 0.15) is 6.07 Å². The Kier molecular flexibility index (Phi) is 5.44. The van der Waals surface area contributed by atoms with Crippen LogP contribution in [0.5, 0.6) is 0 Å². The fourth-order valence-corrected chi connectivity index (χ4v) is 2.95. The van der Waals surface area contributed by atoms with Crippen LogP contribution in [-0.4, -0.2) is 0 Å². The first-order valence-corrected chi connectivity index (χ1v) is 7.30. The molecule has 1 fully saturated rings. The summed E-state index contributed by atoms with van der Waals surface area (Å²) in [6, 6.07) is 5.55. The van der Waals surface area contributed by atoms with E-state index >= 15 is 0 Å². The number of halogens is 3. The minimum absolute atomic E-state index is 0.157. The molecule has 0 amide bonds. The van der Waals surface area contributed by atoms with E-state index < -0.39 is 17.5 Å². The Morgan fingerprint density at radius 2 is 1.90 bits per heavy atom. The smallest absolute Gasteiger partial charge is 0.196 e. The fourth-order valence-electron chi connectivity index (χ4n) is 2.95. The maximum atomic E-state index is 13.1. The second-order valence-electron chi connectivity index (χ2n) is 5.69. The number of aryl methyl sites for hydroxylation is 1. The molecule has 112 valence electrons. The molecule has 21 heavy (non-hydrogen) atoms. The maximum absolute atomic E-state index is 13.1. The molecule has 0 N–H and O–H groups in total. The number of allylic oxidation sites excluding steroid dienone is 2. The average molecular weight is 293 g/mol. The molecule has 0 heterocycles. The van der Waals surface area contributed by atoms with E-state index in [-0.39, 0.29) is 5.92 Å². The maximum Gasteiger partial charge on any atom is 0.196 e. The number of hydrogen-bond acceptors (Lipinski definition) is 1. The molecule has 1 aromatic rings. The average Bonchev–Trinajstić information content (AvgIpc) is 2.50. The van der Waals surface area contributed by atoms with Gasteiger partial charge in [-0.1, -0.05) is 6.07 Å². The van der Waals surface area contributed by atoms with Gasteiger partial charge in [0, 0.05) is 0 Å². The molecule has 0 spiro atoms. The van der Waals surface area contributed by atoms with Crippen LogP contribution in [-0.2, 0) is 6.42 Å². The molecule has 1 nitrogen and oxygen atoms in total. The lowest BCUT2D eigenvalue weighted by molar-refractivity contribution is 0.294. The number of hydrogen-bond donors (Lipinski definition) is 0. The van der Waals surface area contributed by atoms with Crippen LogP contribution in [0, 0.1) is 34.8 Å². The Morgan fingerprint density at radius 3 is 2.52 bits per heavy atom. The third kappa shape index (κ3) is 4.63. The van der Waals surface area contributed by atoms with Crippen LogP contribution in [0.1, 0.15) is 37.7 Å². The van der Waals surface area contributed by atoms with Crippen LogP contribution in [0.4, 0.5) is 13.2 Å². The molecule has 1 aliphatic rings. The summed E-state index contributed by atoms with van der Waals surface area (Å²) in [4.78, 5) is 0. The van der Waals surface area contributed by atoms with Crippen LogP contribution >= 0.6 is 0 Å². The lowest BCUT2D eigenvalue weighted by Gasteiger charge is -2.26. The summed E-state index contributed by atoms with van der Waals surface area (Å²) in [6.45, 7) is 0. The minimum Gasteiger partial charge on any atom is -0.204 e. The molecule has 0 aromatic heterocycles. The lowest BCUT2D eigenvalue weighted by atomic mass is 9.79. The van der Waals surface area contributed by atoms with E-state index in [1.165, 1.54) is 18.2 Å². The quantitative estimate of drug-likeness (QED) is 0.710. The van der Waals surface area contributed by atoms with Crippen molar-refractivity contribution in [2.24, 2.45) is 11.8 Å². The van der Waals surface area contributed by atoms with Gasteiger partial charge in [-0.2, -0.15) is 9.65 Å². The first-order valence-electron chi connectivity index (χ1n) is 7.30. The predicted molar refractivity (Wildman–Crippen MR) is 74.9 cm³/mol. The van der Waals surface area contributed by atoms with Gasteiger partial charge in [-0.15, -0.1) is 0 Å². The summed E-state index contributed by atoms with van der Waals surface area (Å²) in [6.07, 6.45) is 6.84. The zero-order valence-corrected chi connectivity index (χ0v) is 11.8. The zero-order valence-electron chi connectivity index (χ0n) is 11.8. The van der Waals surface area contributed by atoms with Crippen LogP contribution in [0.15, 0.2) is 30.1 Å². The second kappa shape index (κ2) is 7.31. The summed E-state index contributed by atoms with van der Waals surface area (Å²) < 4.78 is 38.8. The first kappa shape index (κ1) is 15.6. The Hall–Kier alpha value is -1.76. The van der Waals surface area contributed by atoms with Crippen molar-refractivity contribution in [3.63, 3.8) is 0 Å². The molecule has 0 unspecified atom stereocenters. The van der Waals surface area contributed by atoms with E-state index in [9.17, 15) is 13.2 Å². The highest BCUT2D eigenvalue weighted by atomic mass is 19.2. The number of benzene rings is 1. The van der Waals surface area contributed by atoms with Crippen LogP contribution in [0.25, 0.3) is 0 Å². The van der Waals surface area contributed by atoms with Crippen molar-refractivity contribution in [3.05, 3.63) is 47.3 Å². The van der Waals surface area contributed by atoms with Crippen molar-refractivity contribution in [3.8, 4) is 6.07 Å². The zero-order chi connectivity index (χ0) is 15.2. The molecule has 4 heteroatoms. The Morgan fingerprint density at radius 1 is 1.19 bits per heavy atom. The van der Waals surface area contributed by atoms with Crippen molar-refractivity contribution in [2.45, 2.75) is 38.5 Å². The van der Waals surface area contributed by atoms with E-state index in [4.69, 9.17) is 5.26 Å². The fraction of sp³-hybridized carbons (Fsp3) is 0.471. The van der Waals surface area contributed by atoms with Crippen molar-refractivity contribution < 1.29 is 13.2 Å². The van der Waals surface area contributed by atoms with Crippen LogP contribution in [0.3, 0.4) is 0 Å². The van der Waals surface area contributed by atoms with Gasteiger partial charge in [-0.05, 0) is 74.1 Å². The topological polar surface area (TPSA) is 23.8 Å². The molecule has 0 bridgehead atoms. The molecule has 0 radical (unpaired) electrons. The molecule has 2 rings (SSSR count). The molecule has 1 saturated carbocycles. The van der Waals surface area contributed by atoms with Gasteiger partial charge in [0.25, 0.3) is 0 Å². The highest BCUT2D eigenvalue weighted by molar-refractivity contribution is 5.18. The summed E-state index contributed by atoms with van der Waals surface area (Å²) in [7, 11) is 0. The summed E-state index contributed by atoms with van der Waals surface area (Å²) in [5.74, 6) is -1.61. The standard InChI is InChI=1S/C17H18F3N/c18-15(11-21)9-13-4-1-12(2-5-13)3-6-14-7-8-16(19)17(20)10-14/h7-10,12-13H,1-6H2. The third-order valence-electron chi connectivity index (χ3n) is 4.21. The normalized spacial score (nSPS) is 22.9. The minimum atomic E-state index is -0.814. The van der Waals surface area contributed by atoms with Crippen molar-refractivity contribution in [1.29, 1.82) is 5.26 Å². The highest BCUT2D eigenvalue weighted by Gasteiger charge is 2.20. The molecule has 0 aliphatic heterocycles. The predicted octanol–water partition coefficient (Wildman–Crippen LogP) is 5.08. The molecule has 1 aromatic carbocycles. The van der Waals surface area contributed by atoms with Gasteiger partial charge in [-0.25, -0.2) is 8.78 Å².